The van der Waals surface area contributed by atoms with Crippen LogP contribution in [0.25, 0.3) is 0 Å². The van der Waals surface area contributed by atoms with Crippen molar-refractivity contribution in [2.75, 3.05) is 5.32 Å². The summed E-state index contributed by atoms with van der Waals surface area (Å²) in [6, 6.07) is 3.77. The molecule has 0 aliphatic rings. The Morgan fingerprint density at radius 2 is 1.08 bits per heavy atom. The second-order valence-corrected chi connectivity index (χ2v) is 7.50. The van der Waals surface area contributed by atoms with Crippen molar-refractivity contribution in [3.8, 4) is 0 Å². The molecule has 208 valence electrons. The van der Waals surface area contributed by atoms with Gasteiger partial charge in [-0.2, -0.15) is 70.2 Å². The van der Waals surface area contributed by atoms with Gasteiger partial charge in [0.05, 0.1) is 0 Å². The fraction of sp³-hybridized carbons (Fsp3) is 0.588. The lowest BCUT2D eigenvalue weighted by Gasteiger charge is -2.42. The SMILES string of the molecule is CCc1cccc(NC(=O)C(F)(F)C(F)(F)C(F)(F)C(F)(F)C(F)(F)C(F)(F)C(F)(F)C(F)(F)Cl)c1. The fourth-order valence-electron chi connectivity index (χ4n) is 2.39. The molecular weight excluding hydrogens is 574 g/mol. The van der Waals surface area contributed by atoms with Crippen molar-refractivity contribution in [2.45, 2.75) is 60.2 Å². The van der Waals surface area contributed by atoms with Crippen molar-refractivity contribution in [3.63, 3.8) is 0 Å². The number of rotatable bonds is 10. The maximum absolute atomic E-state index is 13.9. The summed E-state index contributed by atoms with van der Waals surface area (Å²) in [5.74, 6) is -60.5. The van der Waals surface area contributed by atoms with Crippen LogP contribution < -0.4 is 5.32 Å². The summed E-state index contributed by atoms with van der Waals surface area (Å²) < 4.78 is 215. The molecule has 1 rings (SSSR count). The number of alkyl halides is 17. The van der Waals surface area contributed by atoms with Crippen molar-refractivity contribution < 1.29 is 75.0 Å². The van der Waals surface area contributed by atoms with E-state index in [1.54, 1.807) is 0 Å². The van der Waals surface area contributed by atoms with Crippen LogP contribution in [-0.4, -0.2) is 52.7 Å². The lowest BCUT2D eigenvalue weighted by atomic mass is 9.89. The van der Waals surface area contributed by atoms with Crippen LogP contribution in [0.15, 0.2) is 24.3 Å². The van der Waals surface area contributed by atoms with Gasteiger partial charge in [-0.25, -0.2) is 0 Å². The van der Waals surface area contributed by atoms with Crippen LogP contribution in [-0.2, 0) is 11.2 Å². The molecular formula is C17H10ClF16NO. The molecule has 0 unspecified atom stereocenters. The number of benzene rings is 1. The summed E-state index contributed by atoms with van der Waals surface area (Å²) in [5.41, 5.74) is -0.621. The number of amides is 1. The Morgan fingerprint density at radius 1 is 0.694 bits per heavy atom. The highest BCUT2D eigenvalue weighted by Crippen LogP contribution is 2.64. The zero-order chi connectivity index (χ0) is 29.0. The van der Waals surface area contributed by atoms with Gasteiger partial charge in [0.25, 0.3) is 0 Å². The van der Waals surface area contributed by atoms with E-state index in [9.17, 15) is 75.0 Å². The number of hydrogen-bond acceptors (Lipinski definition) is 1. The van der Waals surface area contributed by atoms with E-state index in [2.05, 4.69) is 11.6 Å². The fourth-order valence-corrected chi connectivity index (χ4v) is 2.50. The second-order valence-electron chi connectivity index (χ2n) is 7.03. The molecule has 0 saturated heterocycles. The van der Waals surface area contributed by atoms with Crippen molar-refractivity contribution in [1.29, 1.82) is 0 Å². The summed E-state index contributed by atoms with van der Waals surface area (Å²) >= 11 is 3.43. The van der Waals surface area contributed by atoms with Crippen LogP contribution in [0.5, 0.6) is 0 Å². The quantitative estimate of drug-likeness (QED) is 0.225. The Kier molecular flexibility index (Phi) is 7.98. The van der Waals surface area contributed by atoms with E-state index in [0.29, 0.717) is 6.07 Å². The molecule has 36 heavy (non-hydrogen) atoms. The normalized spacial score (nSPS) is 15.2. The van der Waals surface area contributed by atoms with Crippen LogP contribution in [0.1, 0.15) is 12.5 Å². The van der Waals surface area contributed by atoms with Gasteiger partial charge in [-0.15, -0.1) is 0 Å². The van der Waals surface area contributed by atoms with Gasteiger partial charge in [0.15, 0.2) is 0 Å². The van der Waals surface area contributed by atoms with Crippen LogP contribution in [0.3, 0.4) is 0 Å². The molecule has 0 atom stereocenters. The molecule has 19 heteroatoms. The van der Waals surface area contributed by atoms with E-state index in [4.69, 9.17) is 0 Å². The number of aryl methyl sites for hydroxylation is 1. The predicted octanol–water partition coefficient (Wildman–Crippen LogP) is 7.47. The lowest BCUT2D eigenvalue weighted by molar-refractivity contribution is -0.445. The molecule has 0 aliphatic carbocycles. The minimum atomic E-state index is -8.62. The zero-order valence-corrected chi connectivity index (χ0v) is 17.6. The zero-order valence-electron chi connectivity index (χ0n) is 16.9. The first-order valence-electron chi connectivity index (χ1n) is 8.80. The van der Waals surface area contributed by atoms with Gasteiger partial charge in [0, 0.05) is 5.69 Å². The smallest absolute Gasteiger partial charge is 0.321 e. The Bertz CT molecular complexity index is 972. The molecule has 0 fully saturated rings. The second kappa shape index (κ2) is 9.01. The molecule has 1 N–H and O–H groups in total. The standard InChI is InChI=1S/C17H10ClF16NO/c1-2-7-4-3-5-8(6-7)35-9(36)10(19,20)11(21,22)12(23,24)13(25,26)14(27,28)15(29,30)16(31,32)17(18,33)34/h3-6H,2H2,1H3,(H,35,36). The predicted molar refractivity (Wildman–Crippen MR) is 89.9 cm³/mol. The molecule has 0 heterocycles. The average molecular weight is 584 g/mol. The molecule has 1 amide bonds. The minimum absolute atomic E-state index is 0.121. The van der Waals surface area contributed by atoms with Crippen LogP contribution >= 0.6 is 11.6 Å². The first-order valence-corrected chi connectivity index (χ1v) is 9.18. The largest absolute Gasteiger partial charge is 0.393 e. The minimum Gasteiger partial charge on any atom is -0.321 e. The highest BCUT2D eigenvalue weighted by molar-refractivity contribution is 6.22. The van der Waals surface area contributed by atoms with Gasteiger partial charge >= 0.3 is 52.7 Å². The van der Waals surface area contributed by atoms with E-state index in [1.165, 1.54) is 13.0 Å². The van der Waals surface area contributed by atoms with Gasteiger partial charge in [-0.1, -0.05) is 19.1 Å². The van der Waals surface area contributed by atoms with Crippen molar-refractivity contribution >= 4 is 23.2 Å². The van der Waals surface area contributed by atoms with Gasteiger partial charge < -0.3 is 5.32 Å². The molecule has 0 aromatic heterocycles. The number of anilines is 1. The van der Waals surface area contributed by atoms with Gasteiger partial charge in [0.1, 0.15) is 0 Å². The number of nitrogens with one attached hydrogen (secondary N) is 1. The monoisotopic (exact) mass is 583 g/mol. The number of carbonyl (C=O) groups excluding carboxylic acids is 1. The topological polar surface area (TPSA) is 29.1 Å². The first-order chi connectivity index (χ1) is 15.7. The van der Waals surface area contributed by atoms with E-state index in [-0.39, 0.29) is 12.0 Å². The highest BCUT2D eigenvalue weighted by atomic mass is 35.5. The molecule has 1 aromatic rings. The summed E-state index contributed by atoms with van der Waals surface area (Å²) in [6.07, 6.45) is 0.121. The van der Waals surface area contributed by atoms with E-state index in [1.807, 2.05) is 0 Å². The Labute approximate surface area is 194 Å². The Hall–Kier alpha value is -2.14. The third-order valence-electron chi connectivity index (χ3n) is 4.60. The van der Waals surface area contributed by atoms with E-state index < -0.39 is 58.4 Å². The van der Waals surface area contributed by atoms with E-state index >= 15 is 0 Å². The molecule has 0 saturated carbocycles. The number of carbonyl (C=O) groups is 1. The third kappa shape index (κ3) is 4.42. The summed E-state index contributed by atoms with van der Waals surface area (Å²) in [6.45, 7) is 1.45. The summed E-state index contributed by atoms with van der Waals surface area (Å²) in [4.78, 5) is 11.5. The van der Waals surface area contributed by atoms with Crippen molar-refractivity contribution in [1.82, 2.24) is 0 Å². The maximum atomic E-state index is 13.9. The highest BCUT2D eigenvalue weighted by Gasteiger charge is 2.95. The van der Waals surface area contributed by atoms with Crippen molar-refractivity contribution in [2.24, 2.45) is 0 Å². The van der Waals surface area contributed by atoms with Gasteiger partial charge in [-0.05, 0) is 35.7 Å². The molecule has 2 nitrogen and oxygen atoms in total. The maximum Gasteiger partial charge on any atom is 0.393 e. The molecule has 0 spiro atoms. The summed E-state index contributed by atoms with van der Waals surface area (Å²) in [5, 5.41) is -5.98. The Balaban J connectivity index is 3.57. The molecule has 0 aliphatic heterocycles. The van der Waals surface area contributed by atoms with Crippen molar-refractivity contribution in [3.05, 3.63) is 29.8 Å². The summed E-state index contributed by atoms with van der Waals surface area (Å²) in [7, 11) is 0. The molecule has 0 radical (unpaired) electrons. The van der Waals surface area contributed by atoms with E-state index in [0.717, 1.165) is 17.4 Å². The van der Waals surface area contributed by atoms with Crippen LogP contribution in [0, 0.1) is 0 Å². The van der Waals surface area contributed by atoms with Crippen LogP contribution in [0.2, 0.25) is 0 Å². The molecule has 0 bridgehead atoms. The van der Waals surface area contributed by atoms with Crippen LogP contribution in [0.4, 0.5) is 75.9 Å². The lowest BCUT2D eigenvalue weighted by Crippen LogP contribution is -2.75. The number of hydrogen-bond donors (Lipinski definition) is 1. The van der Waals surface area contributed by atoms with Gasteiger partial charge in [0.2, 0.25) is 0 Å². The number of halogens is 17. The van der Waals surface area contributed by atoms with Gasteiger partial charge in [-0.3, -0.25) is 4.79 Å². The molecule has 1 aromatic carbocycles. The average Bonchev–Trinajstić information content (AvgIpc) is 2.72. The Morgan fingerprint density at radius 3 is 1.47 bits per heavy atom. The first kappa shape index (κ1) is 31.9. The third-order valence-corrected chi connectivity index (χ3v) is 4.84.